The lowest BCUT2D eigenvalue weighted by atomic mass is 10.2. The highest BCUT2D eigenvalue weighted by atomic mass is 79.9. The van der Waals surface area contributed by atoms with Gasteiger partial charge in [-0.1, -0.05) is 28.1 Å². The fraction of sp³-hybridized carbons (Fsp3) is 0. The van der Waals surface area contributed by atoms with Gasteiger partial charge >= 0.3 is 0 Å². The molecule has 0 aliphatic carbocycles. The van der Waals surface area contributed by atoms with Crippen molar-refractivity contribution in [2.24, 2.45) is 5.73 Å². The van der Waals surface area contributed by atoms with Gasteiger partial charge in [-0.25, -0.2) is 8.78 Å². The van der Waals surface area contributed by atoms with E-state index in [-0.39, 0.29) is 15.2 Å². The van der Waals surface area contributed by atoms with Crippen LogP contribution in [0.3, 0.4) is 0 Å². The maximum absolute atomic E-state index is 13.6. The molecule has 4 nitrogen and oxygen atoms in total. The number of hydrogen-bond donors (Lipinski definition) is 2. The molecule has 1 aromatic heterocycles. The first-order valence-electron chi connectivity index (χ1n) is 5.60. The standard InChI is InChI=1S/C13H8BrF2N3OS/c14-7-3-8(15)11(9(16)4-7)19-13(20)10-2-1-6(5-18-10)12(17)21/h1-5H,(H2,17,21)(H,19,20). The van der Waals surface area contributed by atoms with Crippen molar-refractivity contribution in [2.75, 3.05) is 5.32 Å². The summed E-state index contributed by atoms with van der Waals surface area (Å²) in [6.07, 6.45) is 1.31. The first kappa shape index (κ1) is 15.5. The number of thiocarbonyl (C=S) groups is 1. The third-order valence-electron chi connectivity index (χ3n) is 2.53. The van der Waals surface area contributed by atoms with E-state index in [0.29, 0.717) is 5.56 Å². The topological polar surface area (TPSA) is 68.0 Å². The summed E-state index contributed by atoms with van der Waals surface area (Å²) in [6, 6.07) is 4.95. The van der Waals surface area contributed by atoms with Crippen LogP contribution in [-0.4, -0.2) is 15.9 Å². The number of pyridine rings is 1. The van der Waals surface area contributed by atoms with E-state index in [2.05, 4.69) is 26.2 Å². The number of nitrogens with one attached hydrogen (secondary N) is 1. The van der Waals surface area contributed by atoms with Crippen LogP contribution >= 0.6 is 28.1 Å². The van der Waals surface area contributed by atoms with Crippen LogP contribution in [0.1, 0.15) is 16.1 Å². The van der Waals surface area contributed by atoms with Gasteiger partial charge in [0, 0.05) is 16.2 Å². The molecule has 0 bridgehead atoms. The largest absolute Gasteiger partial charge is 0.389 e. The SMILES string of the molecule is NC(=S)c1ccc(C(=O)Nc2c(F)cc(Br)cc2F)nc1. The van der Waals surface area contributed by atoms with Crippen molar-refractivity contribution in [3.63, 3.8) is 0 Å². The molecule has 21 heavy (non-hydrogen) atoms. The minimum atomic E-state index is -0.894. The molecule has 1 heterocycles. The van der Waals surface area contributed by atoms with E-state index >= 15 is 0 Å². The molecule has 0 saturated carbocycles. The van der Waals surface area contributed by atoms with Gasteiger partial charge in [0.05, 0.1) is 0 Å². The number of nitrogens with two attached hydrogens (primary N) is 1. The number of benzene rings is 1. The number of nitrogens with zero attached hydrogens (tertiary/aromatic N) is 1. The fourth-order valence-corrected chi connectivity index (χ4v) is 2.04. The van der Waals surface area contributed by atoms with Gasteiger partial charge < -0.3 is 11.1 Å². The van der Waals surface area contributed by atoms with E-state index < -0.39 is 23.2 Å². The number of carbonyl (C=O) groups excluding carboxylic acids is 1. The summed E-state index contributed by atoms with van der Waals surface area (Å²) < 4.78 is 27.5. The van der Waals surface area contributed by atoms with Gasteiger partial charge in [-0.2, -0.15) is 0 Å². The lowest BCUT2D eigenvalue weighted by Gasteiger charge is -2.08. The summed E-state index contributed by atoms with van der Waals surface area (Å²) in [5, 5.41) is 2.13. The molecule has 3 N–H and O–H groups in total. The molecule has 0 fully saturated rings. The Balaban J connectivity index is 2.24. The number of halogens is 3. The summed E-state index contributed by atoms with van der Waals surface area (Å²) in [5.41, 5.74) is 5.34. The van der Waals surface area contributed by atoms with E-state index in [0.717, 1.165) is 12.1 Å². The number of aromatic nitrogens is 1. The van der Waals surface area contributed by atoms with Crippen LogP contribution in [-0.2, 0) is 0 Å². The molecule has 0 aliphatic heterocycles. The first-order chi connectivity index (χ1) is 9.88. The molecule has 8 heteroatoms. The van der Waals surface area contributed by atoms with Crippen molar-refractivity contribution in [3.05, 3.63) is 57.8 Å². The number of rotatable bonds is 3. The second-order valence-corrected chi connectivity index (χ2v) is 5.35. The maximum atomic E-state index is 13.6. The number of carbonyl (C=O) groups is 1. The maximum Gasteiger partial charge on any atom is 0.274 e. The Morgan fingerprint density at radius 2 is 1.90 bits per heavy atom. The number of anilines is 1. The minimum absolute atomic E-state index is 0.0169. The molecule has 0 radical (unpaired) electrons. The Labute approximate surface area is 132 Å². The molecule has 0 spiro atoms. The van der Waals surface area contributed by atoms with Gasteiger partial charge in [0.2, 0.25) is 0 Å². The normalized spacial score (nSPS) is 10.2. The molecule has 0 unspecified atom stereocenters. The van der Waals surface area contributed by atoms with Crippen molar-refractivity contribution in [1.82, 2.24) is 4.98 Å². The summed E-state index contributed by atoms with van der Waals surface area (Å²) in [7, 11) is 0. The second-order valence-electron chi connectivity index (χ2n) is 3.99. The molecular formula is C13H8BrF2N3OS. The van der Waals surface area contributed by atoms with Gasteiger partial charge in [-0.15, -0.1) is 0 Å². The number of amides is 1. The Hall–Kier alpha value is -1.93. The van der Waals surface area contributed by atoms with Gasteiger partial charge in [0.1, 0.15) is 16.4 Å². The van der Waals surface area contributed by atoms with Gasteiger partial charge in [-0.3, -0.25) is 9.78 Å². The van der Waals surface area contributed by atoms with Crippen LogP contribution in [0.5, 0.6) is 0 Å². The highest BCUT2D eigenvalue weighted by Crippen LogP contribution is 2.24. The molecule has 2 aromatic rings. The van der Waals surface area contributed by atoms with Crippen molar-refractivity contribution in [1.29, 1.82) is 0 Å². The first-order valence-corrected chi connectivity index (χ1v) is 6.80. The highest BCUT2D eigenvalue weighted by Gasteiger charge is 2.15. The highest BCUT2D eigenvalue weighted by molar-refractivity contribution is 9.10. The van der Waals surface area contributed by atoms with Crippen LogP contribution in [0.25, 0.3) is 0 Å². The Kier molecular flexibility index (Phi) is 4.59. The average Bonchev–Trinajstić information content (AvgIpc) is 2.42. The van der Waals surface area contributed by atoms with Crippen molar-refractivity contribution < 1.29 is 13.6 Å². The van der Waals surface area contributed by atoms with E-state index in [4.69, 9.17) is 18.0 Å². The molecule has 0 saturated heterocycles. The molecule has 2 rings (SSSR count). The molecule has 0 atom stereocenters. The monoisotopic (exact) mass is 371 g/mol. The molecule has 1 amide bonds. The van der Waals surface area contributed by atoms with E-state index in [1.54, 1.807) is 0 Å². The quantitative estimate of drug-likeness (QED) is 0.813. The third kappa shape index (κ3) is 3.59. The van der Waals surface area contributed by atoms with E-state index in [9.17, 15) is 13.6 Å². The Morgan fingerprint density at radius 3 is 2.38 bits per heavy atom. The van der Waals surface area contributed by atoms with Gasteiger partial charge in [-0.05, 0) is 24.3 Å². The van der Waals surface area contributed by atoms with Crippen molar-refractivity contribution >= 4 is 44.7 Å². The summed E-state index contributed by atoms with van der Waals surface area (Å²) >= 11 is 7.71. The zero-order valence-corrected chi connectivity index (χ0v) is 12.8. The van der Waals surface area contributed by atoms with Crippen LogP contribution in [0.2, 0.25) is 0 Å². The summed E-state index contributed by atoms with van der Waals surface area (Å²) in [6.45, 7) is 0. The zero-order valence-electron chi connectivity index (χ0n) is 10.4. The lowest BCUT2D eigenvalue weighted by Crippen LogP contribution is -2.17. The Morgan fingerprint density at radius 1 is 1.29 bits per heavy atom. The predicted molar refractivity (Wildman–Crippen MR) is 82.1 cm³/mol. The van der Waals surface area contributed by atoms with Crippen molar-refractivity contribution in [2.45, 2.75) is 0 Å². The Bertz CT molecular complexity index is 699. The fourth-order valence-electron chi connectivity index (χ4n) is 1.51. The molecule has 108 valence electrons. The van der Waals surface area contributed by atoms with Crippen molar-refractivity contribution in [3.8, 4) is 0 Å². The van der Waals surface area contributed by atoms with E-state index in [1.165, 1.54) is 18.3 Å². The van der Waals surface area contributed by atoms with Crippen LogP contribution in [0.4, 0.5) is 14.5 Å². The van der Waals surface area contributed by atoms with Crippen LogP contribution in [0.15, 0.2) is 34.9 Å². The van der Waals surface area contributed by atoms with Gasteiger partial charge in [0.25, 0.3) is 5.91 Å². The average molecular weight is 372 g/mol. The lowest BCUT2D eigenvalue weighted by molar-refractivity contribution is 0.102. The van der Waals surface area contributed by atoms with Gasteiger partial charge in [0.15, 0.2) is 11.6 Å². The molecular weight excluding hydrogens is 364 g/mol. The summed E-state index contributed by atoms with van der Waals surface area (Å²) in [5.74, 6) is -2.53. The van der Waals surface area contributed by atoms with Crippen LogP contribution < -0.4 is 11.1 Å². The number of hydrogen-bond acceptors (Lipinski definition) is 3. The zero-order chi connectivity index (χ0) is 15.6. The third-order valence-corrected chi connectivity index (χ3v) is 3.22. The predicted octanol–water partition coefficient (Wildman–Crippen LogP) is 3.01. The summed E-state index contributed by atoms with van der Waals surface area (Å²) in [4.78, 5) is 15.9. The molecule has 1 aromatic carbocycles. The molecule has 0 aliphatic rings. The van der Waals surface area contributed by atoms with E-state index in [1.807, 2.05) is 0 Å². The smallest absolute Gasteiger partial charge is 0.274 e. The minimum Gasteiger partial charge on any atom is -0.389 e. The van der Waals surface area contributed by atoms with Crippen LogP contribution in [0, 0.1) is 11.6 Å². The second kappa shape index (κ2) is 6.23.